The zero-order chi connectivity index (χ0) is 28.2. The van der Waals surface area contributed by atoms with E-state index in [-0.39, 0.29) is 18.1 Å². The first kappa shape index (κ1) is 28.7. The van der Waals surface area contributed by atoms with Gasteiger partial charge in [-0.3, -0.25) is 0 Å². The monoisotopic (exact) mass is 575 g/mol. The van der Waals surface area contributed by atoms with Gasteiger partial charge in [-0.2, -0.15) is 0 Å². The lowest BCUT2D eigenvalue weighted by Crippen LogP contribution is -2.54. The van der Waals surface area contributed by atoms with E-state index in [2.05, 4.69) is 65.3 Å². The van der Waals surface area contributed by atoms with Crippen molar-refractivity contribution >= 4 is 20.6 Å². The molecule has 0 radical (unpaired) electrons. The SMILES string of the molecule is CCCCCOc1ccc(S(=O)(=O)C2C3NC(CC3CNC3CCCC3)C2NCc2ccc3ccccc3c2)cc1. The van der Waals surface area contributed by atoms with Gasteiger partial charge in [-0.1, -0.05) is 69.0 Å². The maximum Gasteiger partial charge on any atom is 0.184 e. The number of benzene rings is 3. The van der Waals surface area contributed by atoms with Crippen LogP contribution in [0.5, 0.6) is 5.75 Å². The Morgan fingerprint density at radius 2 is 1.71 bits per heavy atom. The van der Waals surface area contributed by atoms with Gasteiger partial charge in [-0.05, 0) is 84.8 Å². The Kier molecular flexibility index (Phi) is 8.96. The van der Waals surface area contributed by atoms with Crippen molar-refractivity contribution in [1.29, 1.82) is 0 Å². The summed E-state index contributed by atoms with van der Waals surface area (Å²) in [5.41, 5.74) is 1.17. The van der Waals surface area contributed by atoms with Gasteiger partial charge in [0.2, 0.25) is 0 Å². The van der Waals surface area contributed by atoms with Crippen molar-refractivity contribution < 1.29 is 13.2 Å². The highest BCUT2D eigenvalue weighted by Gasteiger charge is 2.57. The molecular weight excluding hydrogens is 530 g/mol. The van der Waals surface area contributed by atoms with Crippen LogP contribution in [-0.2, 0) is 16.4 Å². The highest BCUT2D eigenvalue weighted by atomic mass is 32.2. The van der Waals surface area contributed by atoms with Gasteiger partial charge in [-0.25, -0.2) is 8.42 Å². The maximum absolute atomic E-state index is 14.3. The third-order valence-corrected chi connectivity index (χ3v) is 11.8. The van der Waals surface area contributed by atoms with Crippen LogP contribution < -0.4 is 20.7 Å². The van der Waals surface area contributed by atoms with Gasteiger partial charge < -0.3 is 20.7 Å². The smallest absolute Gasteiger partial charge is 0.184 e. The van der Waals surface area contributed by atoms with Crippen molar-refractivity contribution in [1.82, 2.24) is 16.0 Å². The minimum absolute atomic E-state index is 0.0713. The summed E-state index contributed by atoms with van der Waals surface area (Å²) in [6.07, 6.45) is 9.34. The fourth-order valence-electron chi connectivity index (χ4n) is 7.30. The second-order valence-corrected chi connectivity index (χ2v) is 14.4. The highest BCUT2D eigenvalue weighted by Crippen LogP contribution is 2.40. The second kappa shape index (κ2) is 12.8. The Hall–Kier alpha value is -2.45. The van der Waals surface area contributed by atoms with Crippen molar-refractivity contribution in [2.24, 2.45) is 5.92 Å². The molecule has 2 aliphatic heterocycles. The first-order chi connectivity index (χ1) is 20.0. The predicted molar refractivity (Wildman–Crippen MR) is 166 cm³/mol. The number of unbranched alkanes of at least 4 members (excludes halogenated alkanes) is 2. The lowest BCUT2D eigenvalue weighted by Gasteiger charge is -2.35. The molecule has 3 aliphatic rings. The van der Waals surface area contributed by atoms with Crippen LogP contribution in [0, 0.1) is 5.92 Å². The average molecular weight is 576 g/mol. The lowest BCUT2D eigenvalue weighted by atomic mass is 9.85. The van der Waals surface area contributed by atoms with Crippen LogP contribution in [-0.4, -0.2) is 51.0 Å². The Balaban J connectivity index is 1.20. The van der Waals surface area contributed by atoms with E-state index >= 15 is 0 Å². The number of hydrogen-bond acceptors (Lipinski definition) is 6. The van der Waals surface area contributed by atoms with Crippen molar-refractivity contribution in [3.63, 3.8) is 0 Å². The molecular formula is C34H45N3O3S. The minimum atomic E-state index is -3.58. The molecule has 3 N–H and O–H groups in total. The average Bonchev–Trinajstić information content (AvgIpc) is 3.74. The lowest BCUT2D eigenvalue weighted by molar-refractivity contribution is 0.306. The number of nitrogens with one attached hydrogen (secondary N) is 3. The fourth-order valence-corrected chi connectivity index (χ4v) is 9.49. The summed E-state index contributed by atoms with van der Waals surface area (Å²) in [6.45, 7) is 4.35. The molecule has 1 aliphatic carbocycles. The van der Waals surface area contributed by atoms with Crippen molar-refractivity contribution in [3.05, 3.63) is 72.3 Å². The Morgan fingerprint density at radius 1 is 0.927 bits per heavy atom. The zero-order valence-corrected chi connectivity index (χ0v) is 25.0. The van der Waals surface area contributed by atoms with Gasteiger partial charge in [0.25, 0.3) is 0 Å². The van der Waals surface area contributed by atoms with Crippen molar-refractivity contribution in [3.8, 4) is 5.75 Å². The van der Waals surface area contributed by atoms with Crippen LogP contribution in [0.2, 0.25) is 0 Å². The molecule has 3 fully saturated rings. The van der Waals surface area contributed by atoms with Gasteiger partial charge >= 0.3 is 0 Å². The molecule has 0 amide bonds. The molecule has 2 heterocycles. The largest absolute Gasteiger partial charge is 0.494 e. The third kappa shape index (κ3) is 6.34. The van der Waals surface area contributed by atoms with E-state index in [0.29, 0.717) is 30.0 Å². The molecule has 3 aromatic carbocycles. The summed E-state index contributed by atoms with van der Waals surface area (Å²) in [6, 6.07) is 22.5. The molecule has 0 spiro atoms. The molecule has 220 valence electrons. The molecule has 5 unspecified atom stereocenters. The molecule has 1 saturated carbocycles. The molecule has 41 heavy (non-hydrogen) atoms. The van der Waals surface area contributed by atoms with E-state index in [1.807, 2.05) is 12.1 Å². The molecule has 6 rings (SSSR count). The maximum atomic E-state index is 14.3. The van der Waals surface area contributed by atoms with E-state index in [0.717, 1.165) is 38.0 Å². The molecule has 6 nitrogen and oxygen atoms in total. The van der Waals surface area contributed by atoms with Gasteiger partial charge in [0.05, 0.1) is 16.8 Å². The van der Waals surface area contributed by atoms with E-state index in [4.69, 9.17) is 4.74 Å². The van der Waals surface area contributed by atoms with Crippen molar-refractivity contribution in [2.75, 3.05) is 13.2 Å². The normalized spacial score (nSPS) is 26.2. The Labute approximate surface area is 245 Å². The quantitative estimate of drug-likeness (QED) is 0.230. The first-order valence-electron chi connectivity index (χ1n) is 15.7. The molecule has 7 heteroatoms. The summed E-state index contributed by atoms with van der Waals surface area (Å²) in [5.74, 6) is 1.04. The van der Waals surface area contributed by atoms with Crippen LogP contribution in [0.3, 0.4) is 0 Å². The number of fused-ring (bicyclic) bond motifs is 3. The topological polar surface area (TPSA) is 79.5 Å². The molecule has 5 atom stereocenters. The van der Waals surface area contributed by atoms with Crippen LogP contribution >= 0.6 is 0 Å². The van der Waals surface area contributed by atoms with Crippen LogP contribution in [0.1, 0.15) is 63.9 Å². The van der Waals surface area contributed by atoms with E-state index in [1.54, 1.807) is 12.1 Å². The molecule has 3 aromatic rings. The minimum Gasteiger partial charge on any atom is -0.494 e. The second-order valence-electron chi connectivity index (χ2n) is 12.3. The number of sulfone groups is 1. The first-order valence-corrected chi connectivity index (χ1v) is 17.2. The number of hydrogen-bond donors (Lipinski definition) is 3. The van der Waals surface area contributed by atoms with Gasteiger partial charge in [0, 0.05) is 30.7 Å². The Morgan fingerprint density at radius 3 is 2.49 bits per heavy atom. The molecule has 2 saturated heterocycles. The molecule has 0 aromatic heterocycles. The molecule has 2 bridgehead atoms. The van der Waals surface area contributed by atoms with E-state index in [1.165, 1.54) is 42.0 Å². The standard InChI is InChI=1S/C34H45N3O3S/c1-2-3-8-19-40-29-15-17-30(18-16-29)41(38,39)34-32-27(23-35-28-11-6-7-12-28)21-31(37-32)33(34)36-22-24-13-14-25-9-4-5-10-26(25)20-24/h4-5,9-10,13-18,20,27-28,31-37H,2-3,6-8,11-12,19,21-23H2,1H3. The zero-order valence-electron chi connectivity index (χ0n) is 24.2. The summed E-state index contributed by atoms with van der Waals surface area (Å²) >= 11 is 0. The summed E-state index contributed by atoms with van der Waals surface area (Å²) < 4.78 is 34.5. The third-order valence-electron chi connectivity index (χ3n) is 9.52. The van der Waals surface area contributed by atoms with Gasteiger partial charge in [0.15, 0.2) is 9.84 Å². The van der Waals surface area contributed by atoms with E-state index < -0.39 is 15.1 Å². The Bertz CT molecular complexity index is 1400. The predicted octanol–water partition coefficient (Wildman–Crippen LogP) is 5.60. The summed E-state index contributed by atoms with van der Waals surface area (Å²) in [4.78, 5) is 0.387. The fraction of sp³-hybridized carbons (Fsp3) is 0.529. The van der Waals surface area contributed by atoms with Crippen LogP contribution in [0.4, 0.5) is 0 Å². The number of ether oxygens (including phenoxy) is 1. The number of rotatable bonds is 13. The highest BCUT2D eigenvalue weighted by molar-refractivity contribution is 7.92. The van der Waals surface area contributed by atoms with Crippen molar-refractivity contribution in [2.45, 2.75) is 99.1 Å². The van der Waals surface area contributed by atoms with Gasteiger partial charge in [-0.15, -0.1) is 0 Å². The van der Waals surface area contributed by atoms with E-state index in [9.17, 15) is 8.42 Å². The van der Waals surface area contributed by atoms with Crippen LogP contribution in [0.15, 0.2) is 71.6 Å². The summed E-state index contributed by atoms with van der Waals surface area (Å²) in [7, 11) is -3.58. The summed E-state index contributed by atoms with van der Waals surface area (Å²) in [5, 5.41) is 13.1. The van der Waals surface area contributed by atoms with Gasteiger partial charge in [0.1, 0.15) is 5.75 Å². The van der Waals surface area contributed by atoms with Crippen LogP contribution in [0.25, 0.3) is 10.8 Å².